The number of hydrogen-bond acceptors (Lipinski definition) is 4. The van der Waals surface area contributed by atoms with Gasteiger partial charge in [0.2, 0.25) is 0 Å². The van der Waals surface area contributed by atoms with Crippen molar-refractivity contribution in [3.8, 4) is 5.75 Å². The van der Waals surface area contributed by atoms with Gasteiger partial charge in [0.1, 0.15) is 12.4 Å². The van der Waals surface area contributed by atoms with Gasteiger partial charge in [0.05, 0.1) is 11.7 Å². The first-order valence-corrected chi connectivity index (χ1v) is 6.46. The maximum absolute atomic E-state index is 9.94. The molecule has 1 fully saturated rings. The molecule has 18 heavy (non-hydrogen) atoms. The van der Waals surface area contributed by atoms with Crippen LogP contribution in [-0.4, -0.2) is 29.0 Å². The molecular formula is C14H21NO3. The van der Waals surface area contributed by atoms with Crippen LogP contribution in [0.4, 0.5) is 0 Å². The van der Waals surface area contributed by atoms with Gasteiger partial charge in [0.15, 0.2) is 0 Å². The number of rotatable bonds is 6. The van der Waals surface area contributed by atoms with E-state index in [1.165, 1.54) is 0 Å². The summed E-state index contributed by atoms with van der Waals surface area (Å²) < 4.78 is 5.59. The van der Waals surface area contributed by atoms with Gasteiger partial charge in [-0.25, -0.2) is 0 Å². The molecule has 2 rings (SSSR count). The van der Waals surface area contributed by atoms with Gasteiger partial charge in [0.25, 0.3) is 0 Å². The van der Waals surface area contributed by atoms with Crippen LogP contribution in [0.3, 0.4) is 0 Å². The van der Waals surface area contributed by atoms with Gasteiger partial charge in [-0.3, -0.25) is 0 Å². The maximum atomic E-state index is 9.94. The Kier molecular flexibility index (Phi) is 4.22. The summed E-state index contributed by atoms with van der Waals surface area (Å²) in [5, 5.41) is 19.8. The summed E-state index contributed by atoms with van der Waals surface area (Å²) in [4.78, 5) is 0. The van der Waals surface area contributed by atoms with E-state index in [1.807, 2.05) is 24.3 Å². The van der Waals surface area contributed by atoms with Gasteiger partial charge in [-0.05, 0) is 49.9 Å². The van der Waals surface area contributed by atoms with Crippen molar-refractivity contribution >= 4 is 0 Å². The molecular weight excluding hydrogens is 230 g/mol. The van der Waals surface area contributed by atoms with E-state index in [0.29, 0.717) is 25.3 Å². The molecule has 0 aliphatic heterocycles. The number of benzene rings is 1. The number of nitrogens with two attached hydrogens (primary N) is 1. The second-order valence-corrected chi connectivity index (χ2v) is 5.03. The van der Waals surface area contributed by atoms with E-state index in [2.05, 4.69) is 0 Å². The van der Waals surface area contributed by atoms with Gasteiger partial charge >= 0.3 is 0 Å². The Morgan fingerprint density at radius 1 is 1.39 bits per heavy atom. The third-order valence-corrected chi connectivity index (χ3v) is 3.47. The minimum absolute atomic E-state index is 0.323. The summed E-state index contributed by atoms with van der Waals surface area (Å²) in [5.74, 6) is 0.684. The zero-order valence-electron chi connectivity index (χ0n) is 10.5. The van der Waals surface area contributed by atoms with Crippen LogP contribution in [0.1, 0.15) is 37.4 Å². The molecule has 0 bridgehead atoms. The van der Waals surface area contributed by atoms with Crippen LogP contribution < -0.4 is 10.5 Å². The second kappa shape index (κ2) is 5.69. The van der Waals surface area contributed by atoms with Crippen LogP contribution in [-0.2, 0) is 0 Å². The van der Waals surface area contributed by atoms with Gasteiger partial charge in [-0.2, -0.15) is 0 Å². The third-order valence-electron chi connectivity index (χ3n) is 3.47. The SMILES string of the molecule is NCCC(O)c1cccc(OCC2(O)CCC2)c1. The molecule has 4 N–H and O–H groups in total. The largest absolute Gasteiger partial charge is 0.491 e. The fourth-order valence-corrected chi connectivity index (χ4v) is 2.08. The Labute approximate surface area is 107 Å². The minimum Gasteiger partial charge on any atom is -0.491 e. The van der Waals surface area contributed by atoms with E-state index in [9.17, 15) is 10.2 Å². The van der Waals surface area contributed by atoms with E-state index in [4.69, 9.17) is 10.5 Å². The lowest BCUT2D eigenvalue weighted by molar-refractivity contribution is -0.0664. The number of aliphatic hydroxyl groups excluding tert-OH is 1. The molecule has 100 valence electrons. The monoisotopic (exact) mass is 251 g/mol. The van der Waals surface area contributed by atoms with Crippen molar-refractivity contribution in [3.05, 3.63) is 29.8 Å². The lowest BCUT2D eigenvalue weighted by Gasteiger charge is -2.36. The van der Waals surface area contributed by atoms with Gasteiger partial charge in [-0.1, -0.05) is 12.1 Å². The highest BCUT2D eigenvalue weighted by Gasteiger charge is 2.35. The summed E-state index contributed by atoms with van der Waals surface area (Å²) in [6.45, 7) is 0.773. The fourth-order valence-electron chi connectivity index (χ4n) is 2.08. The molecule has 1 aliphatic rings. The average Bonchev–Trinajstić information content (AvgIpc) is 2.35. The first-order valence-electron chi connectivity index (χ1n) is 6.46. The van der Waals surface area contributed by atoms with Gasteiger partial charge < -0.3 is 20.7 Å². The predicted molar refractivity (Wildman–Crippen MR) is 69.4 cm³/mol. The zero-order chi connectivity index (χ0) is 13.0. The molecule has 0 heterocycles. The Balaban J connectivity index is 1.94. The highest BCUT2D eigenvalue weighted by Crippen LogP contribution is 2.32. The highest BCUT2D eigenvalue weighted by molar-refractivity contribution is 5.30. The van der Waals surface area contributed by atoms with Crippen LogP contribution in [0.15, 0.2) is 24.3 Å². The molecule has 0 spiro atoms. The maximum Gasteiger partial charge on any atom is 0.119 e. The molecule has 4 heteroatoms. The van der Waals surface area contributed by atoms with Crippen molar-refractivity contribution in [3.63, 3.8) is 0 Å². The summed E-state index contributed by atoms with van der Waals surface area (Å²) in [6, 6.07) is 7.34. The molecule has 1 atom stereocenters. The number of ether oxygens (including phenoxy) is 1. The summed E-state index contributed by atoms with van der Waals surface area (Å²) in [5.41, 5.74) is 5.58. The van der Waals surface area contributed by atoms with E-state index in [0.717, 1.165) is 24.8 Å². The molecule has 1 aromatic rings. The fraction of sp³-hybridized carbons (Fsp3) is 0.571. The van der Waals surface area contributed by atoms with E-state index in [1.54, 1.807) is 0 Å². The van der Waals surface area contributed by atoms with E-state index >= 15 is 0 Å². The molecule has 1 aromatic carbocycles. The summed E-state index contributed by atoms with van der Waals surface area (Å²) >= 11 is 0. The molecule has 0 radical (unpaired) electrons. The first-order chi connectivity index (χ1) is 8.63. The molecule has 1 unspecified atom stereocenters. The van der Waals surface area contributed by atoms with Crippen molar-refractivity contribution in [2.24, 2.45) is 5.73 Å². The molecule has 0 saturated heterocycles. The Morgan fingerprint density at radius 2 is 2.17 bits per heavy atom. The molecule has 0 aromatic heterocycles. The van der Waals surface area contributed by atoms with Crippen LogP contribution in [0.2, 0.25) is 0 Å². The molecule has 0 amide bonds. The van der Waals surface area contributed by atoms with E-state index in [-0.39, 0.29) is 0 Å². The Bertz CT molecular complexity index is 390. The molecule has 1 aliphatic carbocycles. The van der Waals surface area contributed by atoms with Gasteiger partial charge in [0, 0.05) is 0 Å². The first kappa shape index (κ1) is 13.3. The van der Waals surface area contributed by atoms with Crippen LogP contribution in [0.25, 0.3) is 0 Å². The standard InChI is InChI=1S/C14H21NO3/c15-8-5-13(16)11-3-1-4-12(9-11)18-10-14(17)6-2-7-14/h1,3-4,9,13,16-17H,2,5-8,10,15H2. The smallest absolute Gasteiger partial charge is 0.119 e. The van der Waals surface area contributed by atoms with Gasteiger partial charge in [-0.15, -0.1) is 0 Å². The predicted octanol–water partition coefficient (Wildman–Crippen LogP) is 1.36. The quantitative estimate of drug-likeness (QED) is 0.713. The lowest BCUT2D eigenvalue weighted by atomic mass is 9.81. The van der Waals surface area contributed by atoms with Crippen molar-refractivity contribution in [2.75, 3.05) is 13.2 Å². The average molecular weight is 251 g/mol. The molecule has 1 saturated carbocycles. The Hall–Kier alpha value is -1.10. The lowest BCUT2D eigenvalue weighted by Crippen LogP contribution is -2.42. The van der Waals surface area contributed by atoms with Crippen LogP contribution >= 0.6 is 0 Å². The number of aliphatic hydroxyl groups is 2. The topological polar surface area (TPSA) is 75.7 Å². The highest BCUT2D eigenvalue weighted by atomic mass is 16.5. The normalized spacial score (nSPS) is 19.1. The van der Waals surface area contributed by atoms with Crippen molar-refractivity contribution in [1.29, 1.82) is 0 Å². The van der Waals surface area contributed by atoms with Crippen molar-refractivity contribution in [2.45, 2.75) is 37.4 Å². The molecule has 4 nitrogen and oxygen atoms in total. The Morgan fingerprint density at radius 3 is 2.78 bits per heavy atom. The zero-order valence-corrected chi connectivity index (χ0v) is 10.5. The third kappa shape index (κ3) is 3.22. The summed E-state index contributed by atoms with van der Waals surface area (Å²) in [6.07, 6.45) is 2.67. The number of hydrogen-bond donors (Lipinski definition) is 3. The summed E-state index contributed by atoms with van der Waals surface area (Å²) in [7, 11) is 0. The van der Waals surface area contributed by atoms with Crippen molar-refractivity contribution in [1.82, 2.24) is 0 Å². The van der Waals surface area contributed by atoms with Crippen molar-refractivity contribution < 1.29 is 14.9 Å². The second-order valence-electron chi connectivity index (χ2n) is 5.03. The van der Waals surface area contributed by atoms with Crippen LogP contribution in [0, 0.1) is 0 Å². The minimum atomic E-state index is -0.647. The van der Waals surface area contributed by atoms with Crippen LogP contribution in [0.5, 0.6) is 5.75 Å². The van der Waals surface area contributed by atoms with E-state index < -0.39 is 11.7 Å².